The minimum absolute atomic E-state index is 0.00602. The number of phenols is 1. The van der Waals surface area contributed by atoms with Crippen molar-refractivity contribution >= 4 is 29.1 Å². The first-order valence-electron chi connectivity index (χ1n) is 11.4. The molecule has 1 aliphatic carbocycles. The Morgan fingerprint density at radius 2 is 1.81 bits per heavy atom. The van der Waals surface area contributed by atoms with Crippen LogP contribution in [0.2, 0.25) is 0 Å². The minimum Gasteiger partial charge on any atom is -0.508 e. The molecule has 1 aromatic heterocycles. The molecule has 0 amide bonds. The van der Waals surface area contributed by atoms with Gasteiger partial charge in [-0.3, -0.25) is 19.7 Å². The number of non-ortho nitro benzene ring substituents is 1. The van der Waals surface area contributed by atoms with E-state index in [2.05, 4.69) is 15.3 Å². The first-order valence-corrected chi connectivity index (χ1v) is 12.4. The second-order valence-electron chi connectivity index (χ2n) is 9.83. The number of anilines is 1. The van der Waals surface area contributed by atoms with Crippen LogP contribution in [0.1, 0.15) is 49.3 Å². The molecule has 0 fully saturated rings. The van der Waals surface area contributed by atoms with Gasteiger partial charge in [-0.2, -0.15) is 0 Å². The number of H-pyrrole nitrogens is 1. The summed E-state index contributed by atoms with van der Waals surface area (Å²) in [6.07, 6.45) is 1.02. The number of carbonyl (C=O) groups excluding carboxylic acids is 1. The number of nitro benzene ring substituents is 1. The van der Waals surface area contributed by atoms with E-state index in [1.807, 2.05) is 13.8 Å². The van der Waals surface area contributed by atoms with Crippen LogP contribution < -0.4 is 10.9 Å². The lowest BCUT2D eigenvalue weighted by Crippen LogP contribution is -2.37. The molecule has 2 aromatic carbocycles. The summed E-state index contributed by atoms with van der Waals surface area (Å²) in [4.78, 5) is 44.6. The van der Waals surface area contributed by atoms with Gasteiger partial charge in [0.15, 0.2) is 10.9 Å². The van der Waals surface area contributed by atoms with Crippen LogP contribution in [0.15, 0.2) is 69.8 Å². The SMILES string of the molecule is CC1(C)CC(=O)C2=C(C1)Nc1nc(SCc3ccc([N+](=O)[O-])cc3)[nH]c(=O)c1[C@@H]2c1ccc(O)cc1. The topological polar surface area (TPSA) is 138 Å². The van der Waals surface area contributed by atoms with E-state index in [0.717, 1.165) is 16.8 Å². The molecular formula is C26H24N4O5S. The van der Waals surface area contributed by atoms with Crippen LogP contribution in [0.25, 0.3) is 0 Å². The molecular weight excluding hydrogens is 480 g/mol. The maximum Gasteiger partial charge on any atom is 0.269 e. The third kappa shape index (κ3) is 4.51. The number of rotatable bonds is 5. The third-order valence-electron chi connectivity index (χ3n) is 6.45. The van der Waals surface area contributed by atoms with Crippen LogP contribution in [0.5, 0.6) is 5.75 Å². The second kappa shape index (κ2) is 8.94. The lowest BCUT2D eigenvalue weighted by Gasteiger charge is -2.38. The van der Waals surface area contributed by atoms with Crippen LogP contribution in [-0.4, -0.2) is 25.8 Å². The zero-order valence-corrected chi connectivity index (χ0v) is 20.5. The highest BCUT2D eigenvalue weighted by Gasteiger charge is 2.42. The molecule has 10 heteroatoms. The van der Waals surface area contributed by atoms with Crippen molar-refractivity contribution in [2.75, 3.05) is 5.32 Å². The molecule has 2 aliphatic rings. The summed E-state index contributed by atoms with van der Waals surface area (Å²) in [7, 11) is 0. The number of aromatic nitrogens is 2. The van der Waals surface area contributed by atoms with E-state index in [4.69, 9.17) is 0 Å². The number of hydrogen-bond donors (Lipinski definition) is 3. The lowest BCUT2D eigenvalue weighted by atomic mass is 9.69. The van der Waals surface area contributed by atoms with E-state index in [-0.39, 0.29) is 28.2 Å². The number of ketones is 1. The number of Topliss-reactive ketones (excluding diaryl/α,β-unsaturated/α-hetero) is 1. The number of nitrogens with one attached hydrogen (secondary N) is 2. The van der Waals surface area contributed by atoms with Gasteiger partial charge in [0.25, 0.3) is 11.2 Å². The smallest absolute Gasteiger partial charge is 0.269 e. The van der Waals surface area contributed by atoms with Gasteiger partial charge in [0.2, 0.25) is 0 Å². The fourth-order valence-corrected chi connectivity index (χ4v) is 5.64. The average molecular weight is 505 g/mol. The zero-order chi connectivity index (χ0) is 25.6. The summed E-state index contributed by atoms with van der Waals surface area (Å²) in [5, 5.41) is 24.3. The molecule has 1 aliphatic heterocycles. The monoisotopic (exact) mass is 504 g/mol. The molecule has 3 N–H and O–H groups in total. The van der Waals surface area contributed by atoms with Crippen molar-refractivity contribution < 1.29 is 14.8 Å². The van der Waals surface area contributed by atoms with Crippen molar-refractivity contribution in [3.05, 3.63) is 97.0 Å². The Hall–Kier alpha value is -3.92. The minimum atomic E-state index is -0.592. The highest BCUT2D eigenvalue weighted by molar-refractivity contribution is 7.98. The van der Waals surface area contributed by atoms with Gasteiger partial charge < -0.3 is 15.4 Å². The number of fused-ring (bicyclic) bond motifs is 1. The fraction of sp³-hybridized carbons (Fsp3) is 0.269. The van der Waals surface area contributed by atoms with Gasteiger partial charge >= 0.3 is 0 Å². The number of nitro groups is 1. The first kappa shape index (κ1) is 23.8. The molecule has 0 saturated heterocycles. The number of phenolic OH excluding ortho intramolecular Hbond substituents is 1. The standard InChI is InChI=1S/C26H24N4O5S/c1-26(2)11-18-21(19(32)12-26)20(15-5-9-17(31)10-6-15)22-23(27-18)28-25(29-24(22)33)36-13-14-3-7-16(8-4-14)30(34)35/h3-10,20,31H,11-13H2,1-2H3,(H2,27,28,29,33)/t20-/m1/s1. The Morgan fingerprint density at radius 1 is 1.11 bits per heavy atom. The molecule has 0 spiro atoms. The van der Waals surface area contributed by atoms with Gasteiger partial charge in [-0.15, -0.1) is 0 Å². The molecule has 0 saturated carbocycles. The fourth-order valence-electron chi connectivity index (χ4n) is 4.83. The summed E-state index contributed by atoms with van der Waals surface area (Å²) in [6.45, 7) is 4.08. The second-order valence-corrected chi connectivity index (χ2v) is 10.8. The zero-order valence-electron chi connectivity index (χ0n) is 19.7. The number of nitrogens with zero attached hydrogens (tertiary/aromatic N) is 2. The summed E-state index contributed by atoms with van der Waals surface area (Å²) >= 11 is 1.31. The highest BCUT2D eigenvalue weighted by Crippen LogP contribution is 2.47. The van der Waals surface area contributed by atoms with Gasteiger partial charge in [0.05, 0.1) is 10.5 Å². The lowest BCUT2D eigenvalue weighted by molar-refractivity contribution is -0.384. The van der Waals surface area contributed by atoms with Gasteiger partial charge in [-0.1, -0.05) is 49.9 Å². The summed E-state index contributed by atoms with van der Waals surface area (Å²) < 4.78 is 0. The number of allylic oxidation sites excluding steroid dienone is 2. The Balaban J connectivity index is 1.52. The van der Waals surface area contributed by atoms with E-state index >= 15 is 0 Å². The quantitative estimate of drug-likeness (QED) is 0.193. The van der Waals surface area contributed by atoms with Crippen molar-refractivity contribution in [2.45, 2.75) is 43.5 Å². The number of carbonyl (C=O) groups is 1. The van der Waals surface area contributed by atoms with Gasteiger partial charge in [0, 0.05) is 41.5 Å². The molecule has 0 unspecified atom stereocenters. The largest absolute Gasteiger partial charge is 0.508 e. The van der Waals surface area contributed by atoms with Crippen LogP contribution in [0, 0.1) is 15.5 Å². The van der Waals surface area contributed by atoms with Crippen molar-refractivity contribution in [3.63, 3.8) is 0 Å². The number of benzene rings is 2. The molecule has 2 heterocycles. The molecule has 36 heavy (non-hydrogen) atoms. The van der Waals surface area contributed by atoms with Gasteiger partial charge in [-0.05, 0) is 35.1 Å². The Bertz CT molecular complexity index is 1460. The van der Waals surface area contributed by atoms with Crippen molar-refractivity contribution in [1.82, 2.24) is 9.97 Å². The number of aromatic amines is 1. The number of thioether (sulfide) groups is 1. The normalized spacial score (nSPS) is 18.3. The third-order valence-corrected chi connectivity index (χ3v) is 7.39. The van der Waals surface area contributed by atoms with E-state index in [9.17, 15) is 24.8 Å². The number of hydrogen-bond acceptors (Lipinski definition) is 8. The maximum absolute atomic E-state index is 13.4. The van der Waals surface area contributed by atoms with Crippen molar-refractivity contribution in [2.24, 2.45) is 5.41 Å². The highest BCUT2D eigenvalue weighted by atomic mass is 32.2. The average Bonchev–Trinajstić information content (AvgIpc) is 2.81. The van der Waals surface area contributed by atoms with E-state index in [0.29, 0.717) is 40.7 Å². The Morgan fingerprint density at radius 3 is 2.47 bits per heavy atom. The van der Waals surface area contributed by atoms with E-state index < -0.39 is 10.8 Å². The first-order chi connectivity index (χ1) is 17.1. The molecule has 0 radical (unpaired) electrons. The molecule has 0 bridgehead atoms. The molecule has 3 aromatic rings. The van der Waals surface area contributed by atoms with Crippen molar-refractivity contribution in [3.8, 4) is 5.75 Å². The van der Waals surface area contributed by atoms with E-state index in [1.165, 1.54) is 23.9 Å². The van der Waals surface area contributed by atoms with Gasteiger partial charge in [-0.25, -0.2) is 4.98 Å². The molecule has 1 atom stereocenters. The Kier molecular flexibility index (Phi) is 5.91. The number of aromatic hydroxyl groups is 1. The van der Waals surface area contributed by atoms with Crippen LogP contribution in [0.3, 0.4) is 0 Å². The summed E-state index contributed by atoms with van der Waals surface area (Å²) in [5.74, 6) is 0.370. The summed E-state index contributed by atoms with van der Waals surface area (Å²) in [6, 6.07) is 12.8. The van der Waals surface area contributed by atoms with Crippen LogP contribution in [-0.2, 0) is 10.5 Å². The Labute approximate surface area is 210 Å². The molecule has 184 valence electrons. The summed E-state index contributed by atoms with van der Waals surface area (Å²) in [5.41, 5.74) is 2.74. The van der Waals surface area contributed by atoms with Crippen LogP contribution in [0.4, 0.5) is 11.5 Å². The predicted molar refractivity (Wildman–Crippen MR) is 136 cm³/mol. The van der Waals surface area contributed by atoms with Gasteiger partial charge in [0.1, 0.15) is 11.6 Å². The van der Waals surface area contributed by atoms with E-state index in [1.54, 1.807) is 36.4 Å². The predicted octanol–water partition coefficient (Wildman–Crippen LogP) is 4.88. The molecule has 9 nitrogen and oxygen atoms in total. The van der Waals surface area contributed by atoms with Crippen molar-refractivity contribution in [1.29, 1.82) is 0 Å². The maximum atomic E-state index is 13.4. The van der Waals surface area contributed by atoms with Crippen LogP contribution >= 0.6 is 11.8 Å². The molecule has 5 rings (SSSR count).